The molecular formula is C11H16N2O2. The van der Waals surface area contributed by atoms with Crippen LogP contribution in [0, 0.1) is 6.92 Å². The fourth-order valence-corrected chi connectivity index (χ4v) is 1.67. The SMILES string of the molecule is Cc1ccc(O)c(CNC2CCOC2)n1. The summed E-state index contributed by atoms with van der Waals surface area (Å²) >= 11 is 0. The average Bonchev–Trinajstić information content (AvgIpc) is 2.72. The molecule has 2 N–H and O–H groups in total. The van der Waals surface area contributed by atoms with Crippen LogP contribution in [0.25, 0.3) is 0 Å². The number of aromatic nitrogens is 1. The third-order valence-corrected chi connectivity index (χ3v) is 2.58. The zero-order valence-corrected chi connectivity index (χ0v) is 8.86. The quantitative estimate of drug-likeness (QED) is 0.777. The molecule has 4 nitrogen and oxygen atoms in total. The first kappa shape index (κ1) is 10.4. The lowest BCUT2D eigenvalue weighted by Crippen LogP contribution is -2.29. The summed E-state index contributed by atoms with van der Waals surface area (Å²) in [6.45, 7) is 4.10. The first-order valence-electron chi connectivity index (χ1n) is 5.22. The van der Waals surface area contributed by atoms with Crippen molar-refractivity contribution >= 4 is 0 Å². The standard InChI is InChI=1S/C11H16N2O2/c1-8-2-3-11(14)10(13-8)6-12-9-4-5-15-7-9/h2-3,9,12,14H,4-7H2,1H3. The molecule has 1 saturated heterocycles. The Labute approximate surface area is 89.3 Å². The molecule has 82 valence electrons. The second-order valence-corrected chi connectivity index (χ2v) is 3.86. The largest absolute Gasteiger partial charge is 0.506 e. The maximum Gasteiger partial charge on any atom is 0.138 e. The number of pyridine rings is 1. The molecular weight excluding hydrogens is 192 g/mol. The van der Waals surface area contributed by atoms with E-state index in [-0.39, 0.29) is 5.75 Å². The number of nitrogens with one attached hydrogen (secondary N) is 1. The summed E-state index contributed by atoms with van der Waals surface area (Å²) in [6.07, 6.45) is 1.03. The lowest BCUT2D eigenvalue weighted by molar-refractivity contribution is 0.189. The number of aromatic hydroxyl groups is 1. The summed E-state index contributed by atoms with van der Waals surface area (Å²) in [5, 5.41) is 12.9. The molecule has 1 aliphatic heterocycles. The van der Waals surface area contributed by atoms with E-state index < -0.39 is 0 Å². The van der Waals surface area contributed by atoms with Crippen LogP contribution in [0.5, 0.6) is 5.75 Å². The van der Waals surface area contributed by atoms with Gasteiger partial charge in [0.1, 0.15) is 5.75 Å². The predicted molar refractivity (Wildman–Crippen MR) is 56.7 cm³/mol. The van der Waals surface area contributed by atoms with E-state index in [9.17, 15) is 5.11 Å². The van der Waals surface area contributed by atoms with Crippen molar-refractivity contribution in [1.82, 2.24) is 10.3 Å². The Balaban J connectivity index is 1.94. The molecule has 1 unspecified atom stereocenters. The average molecular weight is 208 g/mol. The molecule has 15 heavy (non-hydrogen) atoms. The molecule has 0 bridgehead atoms. The molecule has 1 fully saturated rings. The van der Waals surface area contributed by atoms with Crippen LogP contribution in [-0.2, 0) is 11.3 Å². The molecule has 1 atom stereocenters. The summed E-state index contributed by atoms with van der Waals surface area (Å²) in [5.41, 5.74) is 1.63. The minimum absolute atomic E-state index is 0.256. The van der Waals surface area contributed by atoms with Crippen molar-refractivity contribution in [3.8, 4) is 5.75 Å². The molecule has 0 amide bonds. The number of hydrogen-bond acceptors (Lipinski definition) is 4. The van der Waals surface area contributed by atoms with Crippen LogP contribution in [0.15, 0.2) is 12.1 Å². The van der Waals surface area contributed by atoms with Gasteiger partial charge in [-0.25, -0.2) is 0 Å². The van der Waals surface area contributed by atoms with Crippen LogP contribution in [-0.4, -0.2) is 29.3 Å². The molecule has 0 radical (unpaired) electrons. The van der Waals surface area contributed by atoms with E-state index >= 15 is 0 Å². The fraction of sp³-hybridized carbons (Fsp3) is 0.545. The van der Waals surface area contributed by atoms with Crippen LogP contribution in [0.2, 0.25) is 0 Å². The molecule has 1 aromatic heterocycles. The van der Waals surface area contributed by atoms with Gasteiger partial charge in [0.05, 0.1) is 12.3 Å². The Hall–Kier alpha value is -1.13. The molecule has 1 aliphatic rings. The Morgan fingerprint density at radius 3 is 3.20 bits per heavy atom. The highest BCUT2D eigenvalue weighted by atomic mass is 16.5. The van der Waals surface area contributed by atoms with E-state index in [1.165, 1.54) is 0 Å². The lowest BCUT2D eigenvalue weighted by atomic mass is 10.2. The van der Waals surface area contributed by atoms with Gasteiger partial charge in [0.25, 0.3) is 0 Å². The maximum absolute atomic E-state index is 9.58. The number of rotatable bonds is 3. The van der Waals surface area contributed by atoms with E-state index in [1.807, 2.05) is 6.92 Å². The van der Waals surface area contributed by atoms with Gasteiger partial charge < -0.3 is 15.2 Å². The third-order valence-electron chi connectivity index (χ3n) is 2.58. The van der Waals surface area contributed by atoms with Gasteiger partial charge >= 0.3 is 0 Å². The molecule has 2 heterocycles. The Morgan fingerprint density at radius 2 is 2.47 bits per heavy atom. The van der Waals surface area contributed by atoms with Gasteiger partial charge in [-0.15, -0.1) is 0 Å². The minimum Gasteiger partial charge on any atom is -0.506 e. The normalized spacial score (nSPS) is 20.7. The summed E-state index contributed by atoms with van der Waals surface area (Å²) in [6, 6.07) is 3.88. The van der Waals surface area contributed by atoms with E-state index in [0.717, 1.165) is 25.3 Å². The van der Waals surface area contributed by atoms with Gasteiger partial charge in [0.15, 0.2) is 0 Å². The monoisotopic (exact) mass is 208 g/mol. The van der Waals surface area contributed by atoms with Crippen molar-refractivity contribution in [1.29, 1.82) is 0 Å². The van der Waals surface area contributed by atoms with E-state index in [4.69, 9.17) is 4.74 Å². The van der Waals surface area contributed by atoms with Crippen LogP contribution in [0.4, 0.5) is 0 Å². The zero-order valence-electron chi connectivity index (χ0n) is 8.86. The van der Waals surface area contributed by atoms with Crippen molar-refractivity contribution in [3.05, 3.63) is 23.5 Å². The van der Waals surface area contributed by atoms with Gasteiger partial charge in [0, 0.05) is 24.9 Å². The van der Waals surface area contributed by atoms with Gasteiger partial charge in [-0.1, -0.05) is 0 Å². The fourth-order valence-electron chi connectivity index (χ4n) is 1.67. The number of hydrogen-bond donors (Lipinski definition) is 2. The first-order valence-corrected chi connectivity index (χ1v) is 5.22. The highest BCUT2D eigenvalue weighted by molar-refractivity contribution is 5.27. The number of ether oxygens (including phenoxy) is 1. The molecule has 0 aromatic carbocycles. The maximum atomic E-state index is 9.58. The first-order chi connectivity index (χ1) is 7.25. The number of aryl methyl sites for hydroxylation is 1. The van der Waals surface area contributed by atoms with Crippen LogP contribution < -0.4 is 5.32 Å². The molecule has 1 aromatic rings. The van der Waals surface area contributed by atoms with Crippen LogP contribution in [0.3, 0.4) is 0 Å². The molecule has 0 spiro atoms. The summed E-state index contributed by atoms with van der Waals surface area (Å²) < 4.78 is 5.25. The summed E-state index contributed by atoms with van der Waals surface area (Å²) in [5.74, 6) is 0.256. The third kappa shape index (κ3) is 2.67. The Morgan fingerprint density at radius 1 is 1.60 bits per heavy atom. The Kier molecular flexibility index (Phi) is 3.18. The second kappa shape index (κ2) is 4.59. The van der Waals surface area contributed by atoms with Crippen LogP contribution >= 0.6 is 0 Å². The molecule has 2 rings (SSSR count). The zero-order chi connectivity index (χ0) is 10.7. The molecule has 0 aliphatic carbocycles. The van der Waals surface area contributed by atoms with Gasteiger partial charge in [-0.3, -0.25) is 4.98 Å². The smallest absolute Gasteiger partial charge is 0.138 e. The summed E-state index contributed by atoms with van der Waals surface area (Å²) in [7, 11) is 0. The lowest BCUT2D eigenvalue weighted by Gasteiger charge is -2.11. The van der Waals surface area contributed by atoms with Crippen molar-refractivity contribution in [3.63, 3.8) is 0 Å². The van der Waals surface area contributed by atoms with Crippen molar-refractivity contribution in [2.24, 2.45) is 0 Å². The van der Waals surface area contributed by atoms with Crippen molar-refractivity contribution in [2.75, 3.05) is 13.2 Å². The minimum atomic E-state index is 0.256. The molecule has 4 heteroatoms. The van der Waals surface area contributed by atoms with Gasteiger partial charge in [-0.2, -0.15) is 0 Å². The highest BCUT2D eigenvalue weighted by Gasteiger charge is 2.15. The topological polar surface area (TPSA) is 54.4 Å². The van der Waals surface area contributed by atoms with E-state index in [2.05, 4.69) is 10.3 Å². The van der Waals surface area contributed by atoms with Gasteiger partial charge in [0.2, 0.25) is 0 Å². The number of nitrogens with zero attached hydrogens (tertiary/aromatic N) is 1. The van der Waals surface area contributed by atoms with Gasteiger partial charge in [-0.05, 0) is 25.5 Å². The van der Waals surface area contributed by atoms with E-state index in [0.29, 0.717) is 18.3 Å². The van der Waals surface area contributed by atoms with E-state index in [1.54, 1.807) is 12.1 Å². The predicted octanol–water partition coefficient (Wildman–Crippen LogP) is 0.974. The van der Waals surface area contributed by atoms with Crippen molar-refractivity contribution in [2.45, 2.75) is 25.9 Å². The van der Waals surface area contributed by atoms with Crippen molar-refractivity contribution < 1.29 is 9.84 Å². The highest BCUT2D eigenvalue weighted by Crippen LogP contribution is 2.15. The molecule has 0 saturated carbocycles. The Bertz CT molecular complexity index is 335. The van der Waals surface area contributed by atoms with Crippen LogP contribution in [0.1, 0.15) is 17.8 Å². The summed E-state index contributed by atoms with van der Waals surface area (Å²) in [4.78, 5) is 4.28. The second-order valence-electron chi connectivity index (χ2n) is 3.86.